The molecule has 1 aliphatic heterocycles. The van der Waals surface area contributed by atoms with Gasteiger partial charge in [-0.3, -0.25) is 9.59 Å². The minimum absolute atomic E-state index is 0.0947. The molecule has 96 valence electrons. The Kier molecular flexibility index (Phi) is 3.23. The number of nitrogens with two attached hydrogens (primary N) is 1. The van der Waals surface area contributed by atoms with E-state index in [2.05, 4.69) is 0 Å². The third-order valence-corrected chi connectivity index (χ3v) is 3.15. The molecule has 0 saturated carbocycles. The van der Waals surface area contributed by atoms with E-state index in [1.54, 1.807) is 12.0 Å². The van der Waals surface area contributed by atoms with E-state index in [-0.39, 0.29) is 12.3 Å². The van der Waals surface area contributed by atoms with Gasteiger partial charge in [-0.2, -0.15) is 0 Å². The van der Waals surface area contributed by atoms with Gasteiger partial charge in [0.15, 0.2) is 0 Å². The smallest absolute Gasteiger partial charge is 0.227 e. The fraction of sp³-hybridized carbons (Fsp3) is 0.385. The van der Waals surface area contributed by atoms with Crippen molar-refractivity contribution in [3.8, 4) is 5.75 Å². The molecule has 0 radical (unpaired) electrons. The van der Waals surface area contributed by atoms with Gasteiger partial charge in [-0.1, -0.05) is 6.07 Å². The second kappa shape index (κ2) is 4.68. The van der Waals surface area contributed by atoms with Crippen molar-refractivity contribution in [1.29, 1.82) is 0 Å². The van der Waals surface area contributed by atoms with Gasteiger partial charge in [-0.05, 0) is 24.6 Å². The minimum Gasteiger partial charge on any atom is -0.495 e. The number of rotatable bonds is 3. The highest BCUT2D eigenvalue weighted by molar-refractivity contribution is 6.01. The average Bonchev–Trinajstić information content (AvgIpc) is 2.71. The molecule has 2 N–H and O–H groups in total. The molecular formula is C13H16N2O3. The maximum atomic E-state index is 11.9. The summed E-state index contributed by atoms with van der Waals surface area (Å²) in [5.41, 5.74) is 6.98. The zero-order valence-corrected chi connectivity index (χ0v) is 10.5. The summed E-state index contributed by atoms with van der Waals surface area (Å²) in [4.78, 5) is 24.7. The third kappa shape index (κ3) is 2.16. The van der Waals surface area contributed by atoms with Crippen LogP contribution in [0.15, 0.2) is 18.2 Å². The van der Waals surface area contributed by atoms with Gasteiger partial charge in [0.05, 0.1) is 18.7 Å². The Labute approximate surface area is 106 Å². The average molecular weight is 248 g/mol. The fourth-order valence-electron chi connectivity index (χ4n) is 2.14. The lowest BCUT2D eigenvalue weighted by Crippen LogP contribution is -2.28. The number of hydrogen-bond donors (Lipinski definition) is 1. The highest BCUT2D eigenvalue weighted by Crippen LogP contribution is 2.33. The molecule has 0 aromatic heterocycles. The molecule has 1 fully saturated rings. The van der Waals surface area contributed by atoms with Gasteiger partial charge < -0.3 is 15.4 Å². The number of carbonyl (C=O) groups is 2. The summed E-state index contributed by atoms with van der Waals surface area (Å²) < 4.78 is 5.25. The Balaban J connectivity index is 2.34. The van der Waals surface area contributed by atoms with Crippen molar-refractivity contribution in [2.75, 3.05) is 18.6 Å². The topological polar surface area (TPSA) is 72.6 Å². The molecule has 5 heteroatoms. The van der Waals surface area contributed by atoms with E-state index >= 15 is 0 Å². The number of hydrogen-bond acceptors (Lipinski definition) is 3. The summed E-state index contributed by atoms with van der Waals surface area (Å²) >= 11 is 0. The van der Waals surface area contributed by atoms with E-state index in [4.69, 9.17) is 10.5 Å². The molecule has 1 aromatic carbocycles. The van der Waals surface area contributed by atoms with Crippen LogP contribution in [0.5, 0.6) is 5.75 Å². The quantitative estimate of drug-likeness (QED) is 0.861. The van der Waals surface area contributed by atoms with Gasteiger partial charge in [0.2, 0.25) is 11.8 Å². The Bertz CT molecular complexity index is 499. The van der Waals surface area contributed by atoms with Crippen molar-refractivity contribution < 1.29 is 14.3 Å². The van der Waals surface area contributed by atoms with Crippen LogP contribution in [-0.2, 0) is 9.59 Å². The predicted molar refractivity (Wildman–Crippen MR) is 67.4 cm³/mol. The molecule has 0 unspecified atom stereocenters. The Morgan fingerprint density at radius 3 is 2.78 bits per heavy atom. The first-order valence-electron chi connectivity index (χ1n) is 5.77. The number of methoxy groups -OCH3 is 1. The first kappa shape index (κ1) is 12.4. The second-order valence-electron chi connectivity index (χ2n) is 4.48. The van der Waals surface area contributed by atoms with E-state index in [0.29, 0.717) is 18.0 Å². The summed E-state index contributed by atoms with van der Waals surface area (Å²) in [6, 6.07) is 5.60. The van der Waals surface area contributed by atoms with E-state index in [1.165, 1.54) is 0 Å². The molecule has 18 heavy (non-hydrogen) atoms. The van der Waals surface area contributed by atoms with E-state index < -0.39 is 11.8 Å². The molecule has 1 heterocycles. The molecule has 1 atom stereocenters. The summed E-state index contributed by atoms with van der Waals surface area (Å²) in [5.74, 6) is -0.318. The molecule has 0 spiro atoms. The van der Waals surface area contributed by atoms with Crippen molar-refractivity contribution in [3.05, 3.63) is 23.8 Å². The van der Waals surface area contributed by atoms with Gasteiger partial charge in [0.1, 0.15) is 5.75 Å². The number of primary amides is 1. The molecular weight excluding hydrogens is 232 g/mol. The number of ether oxygens (including phenoxy) is 1. The maximum Gasteiger partial charge on any atom is 0.227 e. The lowest BCUT2D eigenvalue weighted by molar-refractivity contribution is -0.123. The molecule has 2 amide bonds. The number of benzene rings is 1. The monoisotopic (exact) mass is 248 g/mol. The van der Waals surface area contributed by atoms with Gasteiger partial charge in [-0.25, -0.2) is 0 Å². The van der Waals surface area contributed by atoms with E-state index in [9.17, 15) is 9.59 Å². The zero-order chi connectivity index (χ0) is 13.3. The normalized spacial score (nSPS) is 19.1. The molecule has 0 bridgehead atoms. The Morgan fingerprint density at radius 1 is 1.50 bits per heavy atom. The van der Waals surface area contributed by atoms with Crippen LogP contribution >= 0.6 is 0 Å². The highest BCUT2D eigenvalue weighted by Gasteiger charge is 2.35. The van der Waals surface area contributed by atoms with Crippen molar-refractivity contribution in [1.82, 2.24) is 0 Å². The first-order chi connectivity index (χ1) is 8.52. The Morgan fingerprint density at radius 2 is 2.22 bits per heavy atom. The van der Waals surface area contributed by atoms with Crippen LogP contribution in [0.1, 0.15) is 12.0 Å². The van der Waals surface area contributed by atoms with Crippen LogP contribution in [0, 0.1) is 12.8 Å². The van der Waals surface area contributed by atoms with Crippen LogP contribution in [0.3, 0.4) is 0 Å². The first-order valence-corrected chi connectivity index (χ1v) is 5.77. The van der Waals surface area contributed by atoms with E-state index in [0.717, 1.165) is 5.56 Å². The van der Waals surface area contributed by atoms with Gasteiger partial charge in [0.25, 0.3) is 0 Å². The molecule has 0 aliphatic carbocycles. The minimum atomic E-state index is -0.433. The molecule has 2 rings (SSSR count). The lowest BCUT2D eigenvalue weighted by atomic mass is 10.1. The predicted octanol–water partition coefficient (Wildman–Crippen LogP) is 0.842. The standard InChI is InChI=1S/C13H16N2O3/c1-8-3-4-11(18-2)10(5-8)15-7-9(13(14)17)6-12(15)16/h3-5,9H,6-7H2,1-2H3,(H2,14,17)/t9-/m0/s1. The van der Waals surface area contributed by atoms with Crippen LogP contribution < -0.4 is 15.4 Å². The second-order valence-corrected chi connectivity index (χ2v) is 4.48. The van der Waals surface area contributed by atoms with Crippen molar-refractivity contribution >= 4 is 17.5 Å². The number of amides is 2. The lowest BCUT2D eigenvalue weighted by Gasteiger charge is -2.19. The highest BCUT2D eigenvalue weighted by atomic mass is 16.5. The maximum absolute atomic E-state index is 11.9. The molecule has 1 aliphatic rings. The number of nitrogens with zero attached hydrogens (tertiary/aromatic N) is 1. The number of aryl methyl sites for hydroxylation is 1. The summed E-state index contributed by atoms with van der Waals surface area (Å²) in [6.07, 6.45) is 0.173. The van der Waals surface area contributed by atoms with Gasteiger partial charge in [-0.15, -0.1) is 0 Å². The van der Waals surface area contributed by atoms with Crippen LogP contribution in [0.25, 0.3) is 0 Å². The third-order valence-electron chi connectivity index (χ3n) is 3.15. The molecule has 1 aromatic rings. The molecule has 1 saturated heterocycles. The van der Waals surface area contributed by atoms with Crippen molar-refractivity contribution in [2.45, 2.75) is 13.3 Å². The van der Waals surface area contributed by atoms with Crippen molar-refractivity contribution in [2.24, 2.45) is 11.7 Å². The number of anilines is 1. The Hall–Kier alpha value is -2.04. The van der Waals surface area contributed by atoms with Crippen LogP contribution in [0.4, 0.5) is 5.69 Å². The summed E-state index contributed by atoms with van der Waals surface area (Å²) in [7, 11) is 1.56. The SMILES string of the molecule is COc1ccc(C)cc1N1C[C@@H](C(N)=O)CC1=O. The van der Waals surface area contributed by atoms with E-state index in [1.807, 2.05) is 25.1 Å². The van der Waals surface area contributed by atoms with Crippen LogP contribution in [-0.4, -0.2) is 25.5 Å². The molecule has 5 nitrogen and oxygen atoms in total. The van der Waals surface area contributed by atoms with Gasteiger partial charge >= 0.3 is 0 Å². The fourth-order valence-corrected chi connectivity index (χ4v) is 2.14. The summed E-state index contributed by atoms with van der Waals surface area (Å²) in [6.45, 7) is 2.27. The van der Waals surface area contributed by atoms with Crippen molar-refractivity contribution in [3.63, 3.8) is 0 Å². The zero-order valence-electron chi connectivity index (χ0n) is 10.5. The summed E-state index contributed by atoms with van der Waals surface area (Å²) in [5, 5.41) is 0. The number of carbonyl (C=O) groups excluding carboxylic acids is 2. The van der Waals surface area contributed by atoms with Gasteiger partial charge in [0, 0.05) is 13.0 Å². The van der Waals surface area contributed by atoms with Crippen LogP contribution in [0.2, 0.25) is 0 Å². The largest absolute Gasteiger partial charge is 0.495 e.